The van der Waals surface area contributed by atoms with E-state index in [1.54, 1.807) is 0 Å². The van der Waals surface area contributed by atoms with Gasteiger partial charge in [0.15, 0.2) is 18.0 Å². The van der Waals surface area contributed by atoms with Crippen molar-refractivity contribution in [2.24, 2.45) is 0 Å². The highest BCUT2D eigenvalue weighted by atomic mass is 16.6. The quantitative estimate of drug-likeness (QED) is 0.856. The highest BCUT2D eigenvalue weighted by Gasteiger charge is 2.32. The van der Waals surface area contributed by atoms with Crippen LogP contribution < -0.4 is 19.7 Å². The number of aryl methyl sites for hydroxylation is 3. The van der Waals surface area contributed by atoms with Gasteiger partial charge in [0.05, 0.1) is 6.54 Å². The van der Waals surface area contributed by atoms with Crippen LogP contribution in [-0.4, -0.2) is 32.2 Å². The van der Waals surface area contributed by atoms with Crippen molar-refractivity contribution in [3.8, 4) is 11.5 Å². The Balaban J connectivity index is 1.46. The van der Waals surface area contributed by atoms with Crippen molar-refractivity contribution in [2.45, 2.75) is 39.7 Å². The number of anilines is 1. The fourth-order valence-electron chi connectivity index (χ4n) is 4.57. The van der Waals surface area contributed by atoms with Gasteiger partial charge in [-0.2, -0.15) is 0 Å². The molecule has 2 N–H and O–H groups in total. The molecule has 0 aromatic heterocycles. The van der Waals surface area contributed by atoms with E-state index in [0.717, 1.165) is 47.7 Å². The second kappa shape index (κ2) is 7.84. The molecule has 148 valence electrons. The Morgan fingerprint density at radius 1 is 1.07 bits per heavy atom. The number of fused-ring (bicyclic) bond motifs is 1. The molecule has 1 saturated heterocycles. The van der Waals surface area contributed by atoms with Crippen LogP contribution in [0.1, 0.15) is 41.1 Å². The van der Waals surface area contributed by atoms with E-state index in [4.69, 9.17) is 9.47 Å². The Labute approximate surface area is 166 Å². The highest BCUT2D eigenvalue weighted by Crippen LogP contribution is 2.33. The first-order valence-electron chi connectivity index (χ1n) is 10.1. The van der Waals surface area contributed by atoms with Crippen LogP contribution in [0.4, 0.5) is 5.69 Å². The summed E-state index contributed by atoms with van der Waals surface area (Å²) in [6.45, 7) is 8.87. The molecule has 2 aromatic carbocycles. The number of carbonyl (C=O) groups is 1. The number of quaternary nitrogens is 1. The zero-order valence-electron chi connectivity index (χ0n) is 16.9. The maximum atomic E-state index is 12.8. The number of hydrogen-bond acceptors (Lipinski definition) is 3. The van der Waals surface area contributed by atoms with Gasteiger partial charge in [-0.1, -0.05) is 17.7 Å². The van der Waals surface area contributed by atoms with Crippen LogP contribution in [0.5, 0.6) is 11.5 Å². The van der Waals surface area contributed by atoms with Gasteiger partial charge in [0.2, 0.25) is 0 Å². The smallest absolute Gasteiger partial charge is 0.279 e. The first kappa shape index (κ1) is 18.8. The van der Waals surface area contributed by atoms with E-state index < -0.39 is 0 Å². The van der Waals surface area contributed by atoms with E-state index in [1.807, 2.05) is 6.07 Å². The van der Waals surface area contributed by atoms with E-state index in [9.17, 15) is 4.79 Å². The molecular formula is C23H29N2O3+. The third kappa shape index (κ3) is 3.85. The van der Waals surface area contributed by atoms with Gasteiger partial charge >= 0.3 is 0 Å². The summed E-state index contributed by atoms with van der Waals surface area (Å²) in [5.41, 5.74) is 5.63. The normalized spacial score (nSPS) is 20.8. The minimum atomic E-state index is 0.0782. The SMILES string of the molecule is Cc1cc(C)c(NC(=O)C[NH+]2CCC[C@@H]2c2ccc3c(c2)OCCO3)c(C)c1. The number of carbonyl (C=O) groups excluding carboxylic acids is 1. The molecule has 2 aliphatic heterocycles. The van der Waals surface area contributed by atoms with E-state index in [2.05, 4.69) is 50.4 Å². The van der Waals surface area contributed by atoms with Gasteiger partial charge in [-0.3, -0.25) is 4.79 Å². The molecule has 5 heteroatoms. The van der Waals surface area contributed by atoms with Gasteiger partial charge in [-0.15, -0.1) is 0 Å². The Hall–Kier alpha value is -2.53. The Morgan fingerprint density at radius 2 is 1.79 bits per heavy atom. The number of likely N-dealkylation sites (tertiary alicyclic amines) is 1. The summed E-state index contributed by atoms with van der Waals surface area (Å²) in [4.78, 5) is 14.1. The molecule has 0 bridgehead atoms. The summed E-state index contributed by atoms with van der Waals surface area (Å²) in [6.07, 6.45) is 2.22. The molecule has 4 rings (SSSR count). The first-order valence-corrected chi connectivity index (χ1v) is 10.1. The lowest BCUT2D eigenvalue weighted by Gasteiger charge is -2.24. The summed E-state index contributed by atoms with van der Waals surface area (Å²) in [6, 6.07) is 10.8. The van der Waals surface area contributed by atoms with Crippen LogP contribution in [0.3, 0.4) is 0 Å². The number of ether oxygens (including phenoxy) is 2. The summed E-state index contributed by atoms with van der Waals surface area (Å²) in [5.74, 6) is 1.72. The lowest BCUT2D eigenvalue weighted by molar-refractivity contribution is -0.910. The topological polar surface area (TPSA) is 52.0 Å². The van der Waals surface area contributed by atoms with Crippen molar-refractivity contribution >= 4 is 11.6 Å². The molecule has 0 aliphatic carbocycles. The van der Waals surface area contributed by atoms with Crippen LogP contribution in [0.2, 0.25) is 0 Å². The van der Waals surface area contributed by atoms with Gasteiger partial charge in [0.25, 0.3) is 5.91 Å². The maximum Gasteiger partial charge on any atom is 0.279 e. The fraction of sp³-hybridized carbons (Fsp3) is 0.435. The zero-order valence-corrected chi connectivity index (χ0v) is 16.9. The lowest BCUT2D eigenvalue weighted by Crippen LogP contribution is -3.11. The molecule has 1 amide bonds. The van der Waals surface area contributed by atoms with Crippen molar-refractivity contribution in [3.63, 3.8) is 0 Å². The summed E-state index contributed by atoms with van der Waals surface area (Å²) in [5, 5.41) is 3.15. The third-order valence-corrected chi connectivity index (χ3v) is 5.78. The Bertz CT molecular complexity index is 870. The molecule has 2 atom stereocenters. The minimum Gasteiger partial charge on any atom is -0.486 e. The van der Waals surface area contributed by atoms with E-state index in [-0.39, 0.29) is 5.91 Å². The van der Waals surface area contributed by atoms with Crippen molar-refractivity contribution in [2.75, 3.05) is 31.6 Å². The summed E-state index contributed by atoms with van der Waals surface area (Å²) in [7, 11) is 0. The van der Waals surface area contributed by atoms with E-state index >= 15 is 0 Å². The standard InChI is InChI=1S/C23H28N2O3/c1-15-11-16(2)23(17(3)12-15)24-22(26)14-25-8-4-5-19(25)18-6-7-20-21(13-18)28-10-9-27-20/h6-7,11-13,19H,4-5,8-10,14H2,1-3H3,(H,24,26)/p+1/t19-/m1/s1. The lowest BCUT2D eigenvalue weighted by atomic mass is 10.0. The van der Waals surface area contributed by atoms with Crippen LogP contribution in [0, 0.1) is 20.8 Å². The number of hydrogen-bond donors (Lipinski definition) is 2. The molecule has 1 unspecified atom stereocenters. The zero-order chi connectivity index (χ0) is 19.7. The Morgan fingerprint density at radius 3 is 2.54 bits per heavy atom. The van der Waals surface area contributed by atoms with Crippen molar-refractivity contribution in [1.29, 1.82) is 0 Å². The van der Waals surface area contributed by atoms with Crippen molar-refractivity contribution < 1.29 is 19.2 Å². The Kier molecular flexibility index (Phi) is 5.27. The van der Waals surface area contributed by atoms with Crippen molar-refractivity contribution in [3.05, 3.63) is 52.6 Å². The predicted octanol–water partition coefficient (Wildman–Crippen LogP) is 2.74. The summed E-state index contributed by atoms with van der Waals surface area (Å²) < 4.78 is 11.4. The van der Waals surface area contributed by atoms with Crippen LogP contribution in [0.25, 0.3) is 0 Å². The number of nitrogens with one attached hydrogen (secondary N) is 2. The second-order valence-corrected chi connectivity index (χ2v) is 8.00. The van der Waals surface area contributed by atoms with E-state index in [1.165, 1.54) is 16.0 Å². The van der Waals surface area contributed by atoms with Crippen LogP contribution >= 0.6 is 0 Å². The molecule has 2 aromatic rings. The number of amides is 1. The molecule has 28 heavy (non-hydrogen) atoms. The average Bonchev–Trinajstić information content (AvgIpc) is 3.12. The molecular weight excluding hydrogens is 352 g/mol. The maximum absolute atomic E-state index is 12.8. The molecule has 2 aliphatic rings. The van der Waals surface area contributed by atoms with E-state index in [0.29, 0.717) is 25.8 Å². The monoisotopic (exact) mass is 381 g/mol. The molecule has 0 radical (unpaired) electrons. The van der Waals surface area contributed by atoms with Gasteiger partial charge < -0.3 is 19.7 Å². The summed E-state index contributed by atoms with van der Waals surface area (Å²) >= 11 is 0. The number of rotatable bonds is 4. The van der Waals surface area contributed by atoms with Crippen molar-refractivity contribution in [1.82, 2.24) is 0 Å². The van der Waals surface area contributed by atoms with Gasteiger partial charge in [-0.05, 0) is 50.1 Å². The van der Waals surface area contributed by atoms with Crippen LogP contribution in [0.15, 0.2) is 30.3 Å². The predicted molar refractivity (Wildman–Crippen MR) is 109 cm³/mol. The minimum absolute atomic E-state index is 0.0782. The molecule has 0 saturated carbocycles. The third-order valence-electron chi connectivity index (χ3n) is 5.78. The fourth-order valence-corrected chi connectivity index (χ4v) is 4.57. The molecule has 0 spiro atoms. The number of benzene rings is 2. The van der Waals surface area contributed by atoms with Gasteiger partial charge in [0.1, 0.15) is 19.3 Å². The second-order valence-electron chi connectivity index (χ2n) is 8.00. The largest absolute Gasteiger partial charge is 0.486 e. The van der Waals surface area contributed by atoms with Crippen LogP contribution in [-0.2, 0) is 4.79 Å². The average molecular weight is 381 g/mol. The highest BCUT2D eigenvalue weighted by molar-refractivity contribution is 5.93. The van der Waals surface area contributed by atoms with Gasteiger partial charge in [0, 0.05) is 24.1 Å². The molecule has 1 fully saturated rings. The first-order chi connectivity index (χ1) is 13.5. The van der Waals surface area contributed by atoms with Gasteiger partial charge in [-0.25, -0.2) is 0 Å². The molecule has 2 heterocycles. The molecule has 5 nitrogen and oxygen atoms in total.